The van der Waals surface area contributed by atoms with Gasteiger partial charge in [-0.25, -0.2) is 13.6 Å². The molecular formula is C17H21BrN2O4S. The molecule has 6 nitrogen and oxygen atoms in total. The average Bonchev–Trinajstić information content (AvgIpc) is 2.57. The predicted molar refractivity (Wildman–Crippen MR) is 100 cm³/mol. The van der Waals surface area contributed by atoms with Gasteiger partial charge in [-0.15, -0.1) is 0 Å². The zero-order valence-corrected chi connectivity index (χ0v) is 16.5. The molecule has 0 atom stereocenters. The van der Waals surface area contributed by atoms with Crippen molar-refractivity contribution in [1.82, 2.24) is 5.32 Å². The summed E-state index contributed by atoms with van der Waals surface area (Å²) in [4.78, 5) is 0.124. The third-order valence-electron chi connectivity index (χ3n) is 3.66. The molecule has 0 amide bonds. The Morgan fingerprint density at radius 2 is 1.76 bits per heavy atom. The Morgan fingerprint density at radius 1 is 1.08 bits per heavy atom. The summed E-state index contributed by atoms with van der Waals surface area (Å²) in [5.74, 6) is 1.34. The fourth-order valence-electron chi connectivity index (χ4n) is 2.38. The molecule has 0 fully saturated rings. The van der Waals surface area contributed by atoms with Gasteiger partial charge in [0.15, 0.2) is 11.5 Å². The van der Waals surface area contributed by atoms with Gasteiger partial charge in [-0.05, 0) is 64.3 Å². The lowest BCUT2D eigenvalue weighted by Crippen LogP contribution is -2.17. The molecule has 0 saturated carbocycles. The van der Waals surface area contributed by atoms with Gasteiger partial charge in [0.2, 0.25) is 10.0 Å². The molecular weight excluding hydrogens is 408 g/mol. The third-order valence-corrected chi connectivity index (χ3v) is 5.18. The van der Waals surface area contributed by atoms with E-state index in [1.54, 1.807) is 26.4 Å². The molecule has 136 valence electrons. The van der Waals surface area contributed by atoms with E-state index in [2.05, 4.69) is 21.2 Å². The zero-order valence-electron chi connectivity index (χ0n) is 14.1. The van der Waals surface area contributed by atoms with Crippen molar-refractivity contribution >= 4 is 26.0 Å². The minimum Gasteiger partial charge on any atom is -0.493 e. The van der Waals surface area contributed by atoms with Crippen LogP contribution in [0.3, 0.4) is 0 Å². The highest BCUT2D eigenvalue weighted by Crippen LogP contribution is 2.36. The van der Waals surface area contributed by atoms with Gasteiger partial charge in [0.25, 0.3) is 0 Å². The fourth-order valence-corrected chi connectivity index (χ4v) is 3.55. The van der Waals surface area contributed by atoms with Crippen molar-refractivity contribution in [3.05, 3.63) is 52.0 Å². The van der Waals surface area contributed by atoms with E-state index < -0.39 is 10.0 Å². The smallest absolute Gasteiger partial charge is 0.238 e. The van der Waals surface area contributed by atoms with E-state index in [1.165, 1.54) is 12.1 Å². The molecule has 3 N–H and O–H groups in total. The molecule has 0 heterocycles. The summed E-state index contributed by atoms with van der Waals surface area (Å²) in [7, 11) is -0.437. The highest BCUT2D eigenvalue weighted by atomic mass is 79.9. The van der Waals surface area contributed by atoms with Crippen molar-refractivity contribution in [2.75, 3.05) is 20.8 Å². The Labute approximate surface area is 156 Å². The second-order valence-electron chi connectivity index (χ2n) is 5.43. The number of methoxy groups -OCH3 is 2. The number of primary sulfonamides is 1. The molecule has 0 aliphatic carbocycles. The first-order valence-electron chi connectivity index (χ1n) is 7.58. The van der Waals surface area contributed by atoms with Crippen LogP contribution in [0.4, 0.5) is 0 Å². The van der Waals surface area contributed by atoms with Crippen molar-refractivity contribution in [2.24, 2.45) is 5.14 Å². The fraction of sp³-hybridized carbons (Fsp3) is 0.294. The van der Waals surface area contributed by atoms with E-state index in [4.69, 9.17) is 14.6 Å². The molecule has 0 bridgehead atoms. The Bertz CT molecular complexity index is 823. The van der Waals surface area contributed by atoms with Crippen LogP contribution in [-0.2, 0) is 23.0 Å². The van der Waals surface area contributed by atoms with E-state index in [-0.39, 0.29) is 4.90 Å². The van der Waals surface area contributed by atoms with Gasteiger partial charge in [-0.1, -0.05) is 12.1 Å². The number of nitrogens with two attached hydrogens (primary N) is 1. The highest BCUT2D eigenvalue weighted by molar-refractivity contribution is 9.10. The molecule has 8 heteroatoms. The molecule has 0 aliphatic heterocycles. The van der Waals surface area contributed by atoms with Gasteiger partial charge >= 0.3 is 0 Å². The zero-order chi connectivity index (χ0) is 18.4. The summed E-state index contributed by atoms with van der Waals surface area (Å²) in [5.41, 5.74) is 2.10. The van der Waals surface area contributed by atoms with E-state index in [9.17, 15) is 8.42 Å². The van der Waals surface area contributed by atoms with Crippen molar-refractivity contribution in [2.45, 2.75) is 17.9 Å². The summed E-state index contributed by atoms with van der Waals surface area (Å²) in [6, 6.07) is 10.5. The highest BCUT2D eigenvalue weighted by Gasteiger charge is 2.10. The second-order valence-corrected chi connectivity index (χ2v) is 7.84. The number of rotatable bonds is 8. The van der Waals surface area contributed by atoms with E-state index in [0.717, 1.165) is 28.6 Å². The van der Waals surface area contributed by atoms with Crippen LogP contribution in [-0.4, -0.2) is 29.2 Å². The summed E-state index contributed by atoms with van der Waals surface area (Å²) in [5, 5.41) is 8.44. The number of hydrogen-bond acceptors (Lipinski definition) is 5. The van der Waals surface area contributed by atoms with Gasteiger partial charge in [0, 0.05) is 6.54 Å². The molecule has 0 unspecified atom stereocenters. The Balaban J connectivity index is 1.90. The molecule has 2 aromatic rings. The van der Waals surface area contributed by atoms with Crippen molar-refractivity contribution < 1.29 is 17.9 Å². The number of nitrogens with one attached hydrogen (secondary N) is 1. The monoisotopic (exact) mass is 428 g/mol. The summed E-state index contributed by atoms with van der Waals surface area (Å²) in [6.45, 7) is 1.43. The molecule has 0 saturated heterocycles. The number of sulfonamides is 1. The van der Waals surface area contributed by atoms with Crippen LogP contribution in [0.5, 0.6) is 11.5 Å². The van der Waals surface area contributed by atoms with Gasteiger partial charge in [0.05, 0.1) is 23.6 Å². The van der Waals surface area contributed by atoms with Crippen LogP contribution in [0.15, 0.2) is 45.8 Å². The van der Waals surface area contributed by atoms with Crippen LogP contribution in [0.1, 0.15) is 11.1 Å². The number of ether oxygens (including phenoxy) is 2. The lowest BCUT2D eigenvalue weighted by molar-refractivity contribution is 0.352. The third kappa shape index (κ3) is 5.43. The van der Waals surface area contributed by atoms with E-state index in [0.29, 0.717) is 18.0 Å². The van der Waals surface area contributed by atoms with Crippen LogP contribution in [0.2, 0.25) is 0 Å². The molecule has 0 radical (unpaired) electrons. The average molecular weight is 429 g/mol. The lowest BCUT2D eigenvalue weighted by atomic mass is 10.1. The summed E-state index contributed by atoms with van der Waals surface area (Å²) >= 11 is 3.48. The first kappa shape index (κ1) is 19.7. The molecule has 0 aromatic heterocycles. The molecule has 25 heavy (non-hydrogen) atoms. The molecule has 2 rings (SSSR count). The normalized spacial score (nSPS) is 11.4. The van der Waals surface area contributed by atoms with Crippen molar-refractivity contribution in [3.8, 4) is 11.5 Å². The maximum atomic E-state index is 11.2. The number of benzene rings is 2. The van der Waals surface area contributed by atoms with Crippen LogP contribution < -0.4 is 19.9 Å². The Kier molecular flexibility index (Phi) is 6.83. The van der Waals surface area contributed by atoms with E-state index in [1.807, 2.05) is 12.1 Å². The van der Waals surface area contributed by atoms with Crippen molar-refractivity contribution in [3.63, 3.8) is 0 Å². The van der Waals surface area contributed by atoms with Crippen LogP contribution in [0, 0.1) is 0 Å². The number of hydrogen-bond donors (Lipinski definition) is 2. The van der Waals surface area contributed by atoms with Gasteiger partial charge in [-0.2, -0.15) is 0 Å². The topological polar surface area (TPSA) is 90.6 Å². The van der Waals surface area contributed by atoms with Crippen LogP contribution in [0.25, 0.3) is 0 Å². The maximum Gasteiger partial charge on any atom is 0.238 e. The molecule has 0 aliphatic rings. The minimum absolute atomic E-state index is 0.124. The van der Waals surface area contributed by atoms with Gasteiger partial charge in [0.1, 0.15) is 0 Å². The Morgan fingerprint density at radius 3 is 2.32 bits per heavy atom. The molecule has 0 spiro atoms. The first-order chi connectivity index (χ1) is 11.8. The van der Waals surface area contributed by atoms with E-state index >= 15 is 0 Å². The Hall–Kier alpha value is -1.61. The maximum absolute atomic E-state index is 11.2. The second kappa shape index (κ2) is 8.66. The number of halogens is 1. The van der Waals surface area contributed by atoms with Gasteiger partial charge in [-0.3, -0.25) is 0 Å². The summed E-state index contributed by atoms with van der Waals surface area (Å²) < 4.78 is 33.9. The minimum atomic E-state index is -3.64. The van der Waals surface area contributed by atoms with Crippen LogP contribution >= 0.6 is 15.9 Å². The quantitative estimate of drug-likeness (QED) is 0.630. The first-order valence-corrected chi connectivity index (χ1v) is 9.92. The van der Waals surface area contributed by atoms with Gasteiger partial charge < -0.3 is 14.8 Å². The standard InChI is InChI=1S/C17H21BrN2O4S/c1-23-16-10-13(9-15(18)17(16)24-2)11-20-8-7-12-3-5-14(6-4-12)25(19,21)22/h3-6,9-10,20H,7-8,11H2,1-2H3,(H2,19,21,22). The lowest BCUT2D eigenvalue weighted by Gasteiger charge is -2.12. The molecule has 2 aromatic carbocycles. The van der Waals surface area contributed by atoms with Crippen molar-refractivity contribution in [1.29, 1.82) is 0 Å². The largest absolute Gasteiger partial charge is 0.493 e. The predicted octanol–water partition coefficient (Wildman–Crippen LogP) is 2.45. The SMILES string of the molecule is COc1cc(CNCCc2ccc(S(N)(=O)=O)cc2)cc(Br)c1OC. The summed E-state index contributed by atoms with van der Waals surface area (Å²) in [6.07, 6.45) is 0.777.